The van der Waals surface area contributed by atoms with Crippen LogP contribution in [0.4, 0.5) is 10.1 Å². The summed E-state index contributed by atoms with van der Waals surface area (Å²) >= 11 is 0. The fourth-order valence-electron chi connectivity index (χ4n) is 2.36. The van der Waals surface area contributed by atoms with Gasteiger partial charge in [0, 0.05) is 13.7 Å². The van der Waals surface area contributed by atoms with Crippen molar-refractivity contribution in [2.75, 3.05) is 37.4 Å². The van der Waals surface area contributed by atoms with Crippen LogP contribution in [0.1, 0.15) is 5.56 Å². The number of nitrogens with zero attached hydrogens (tertiary/aromatic N) is 1. The van der Waals surface area contributed by atoms with Crippen molar-refractivity contribution >= 4 is 21.6 Å². The van der Waals surface area contributed by atoms with Crippen LogP contribution in [-0.2, 0) is 26.1 Å². The van der Waals surface area contributed by atoms with Crippen molar-refractivity contribution in [2.45, 2.75) is 6.54 Å². The van der Waals surface area contributed by atoms with E-state index >= 15 is 0 Å². The minimum atomic E-state index is -3.55. The molecular formula is C19H23FN2O5S. The third-order valence-corrected chi connectivity index (χ3v) is 4.90. The van der Waals surface area contributed by atoms with E-state index in [4.69, 9.17) is 9.47 Å². The standard InChI is InChI=1S/C19H23FN2O5S/c1-26-12-11-21-19(23)14-27-18-9-7-17(8-10-18)22(28(2,24)25)13-15-3-5-16(20)6-4-15/h3-10H,11-14H2,1-2H3,(H,21,23). The van der Waals surface area contributed by atoms with Crippen LogP contribution in [0.15, 0.2) is 48.5 Å². The molecule has 9 heteroatoms. The molecule has 0 aromatic heterocycles. The van der Waals surface area contributed by atoms with Gasteiger partial charge in [0.25, 0.3) is 5.91 Å². The maximum absolute atomic E-state index is 13.1. The maximum atomic E-state index is 13.1. The van der Waals surface area contributed by atoms with Gasteiger partial charge in [0.05, 0.1) is 25.1 Å². The quantitative estimate of drug-likeness (QED) is 0.605. The average molecular weight is 410 g/mol. The average Bonchev–Trinajstić information content (AvgIpc) is 2.66. The Bertz CT molecular complexity index is 870. The van der Waals surface area contributed by atoms with Gasteiger partial charge >= 0.3 is 0 Å². The molecule has 7 nitrogen and oxygen atoms in total. The maximum Gasteiger partial charge on any atom is 0.258 e. The van der Waals surface area contributed by atoms with Crippen LogP contribution in [0, 0.1) is 5.82 Å². The number of nitrogens with one attached hydrogen (secondary N) is 1. The number of benzene rings is 2. The number of hydrogen-bond donors (Lipinski definition) is 1. The third kappa shape index (κ3) is 6.82. The lowest BCUT2D eigenvalue weighted by molar-refractivity contribution is -0.123. The highest BCUT2D eigenvalue weighted by atomic mass is 32.2. The Labute approximate surface area is 164 Å². The van der Waals surface area contributed by atoms with Crippen molar-refractivity contribution < 1.29 is 27.1 Å². The Morgan fingerprint density at radius 1 is 1.11 bits per heavy atom. The molecule has 0 fully saturated rings. The zero-order valence-corrected chi connectivity index (χ0v) is 16.5. The van der Waals surface area contributed by atoms with Crippen LogP contribution >= 0.6 is 0 Å². The molecule has 2 aromatic carbocycles. The Morgan fingerprint density at radius 2 is 1.75 bits per heavy atom. The predicted octanol–water partition coefficient (Wildman–Crippen LogP) is 1.93. The van der Waals surface area contributed by atoms with E-state index < -0.39 is 10.0 Å². The van der Waals surface area contributed by atoms with Crippen LogP contribution in [0.3, 0.4) is 0 Å². The van der Waals surface area contributed by atoms with Gasteiger partial charge in [0.15, 0.2) is 6.61 Å². The molecule has 2 aromatic rings. The highest BCUT2D eigenvalue weighted by Crippen LogP contribution is 2.23. The lowest BCUT2D eigenvalue weighted by Gasteiger charge is -2.22. The minimum Gasteiger partial charge on any atom is -0.484 e. The molecule has 1 amide bonds. The molecule has 28 heavy (non-hydrogen) atoms. The number of carbonyl (C=O) groups excluding carboxylic acids is 1. The van der Waals surface area contributed by atoms with E-state index in [0.717, 1.165) is 6.26 Å². The number of halogens is 1. The van der Waals surface area contributed by atoms with Gasteiger partial charge in [-0.1, -0.05) is 12.1 Å². The molecule has 0 aliphatic carbocycles. The van der Waals surface area contributed by atoms with E-state index in [-0.39, 0.29) is 24.9 Å². The number of ether oxygens (including phenoxy) is 2. The van der Waals surface area contributed by atoms with Crippen molar-refractivity contribution in [3.8, 4) is 5.75 Å². The number of methoxy groups -OCH3 is 1. The molecule has 0 atom stereocenters. The summed E-state index contributed by atoms with van der Waals surface area (Å²) in [5.41, 5.74) is 1.09. The molecule has 0 aliphatic rings. The Kier molecular flexibility index (Phi) is 7.77. The van der Waals surface area contributed by atoms with Crippen molar-refractivity contribution in [3.63, 3.8) is 0 Å². The van der Waals surface area contributed by atoms with E-state index in [9.17, 15) is 17.6 Å². The molecule has 0 spiro atoms. The molecule has 0 aliphatic heterocycles. The monoisotopic (exact) mass is 410 g/mol. The van der Waals surface area contributed by atoms with Crippen LogP contribution in [0.25, 0.3) is 0 Å². The van der Waals surface area contributed by atoms with Crippen molar-refractivity contribution in [2.24, 2.45) is 0 Å². The zero-order valence-electron chi connectivity index (χ0n) is 15.7. The minimum absolute atomic E-state index is 0.0707. The van der Waals surface area contributed by atoms with E-state index in [2.05, 4.69) is 5.32 Å². The number of amides is 1. The van der Waals surface area contributed by atoms with Gasteiger partial charge in [-0.15, -0.1) is 0 Å². The second kappa shape index (κ2) is 10.0. The summed E-state index contributed by atoms with van der Waals surface area (Å²) in [6.07, 6.45) is 1.10. The summed E-state index contributed by atoms with van der Waals surface area (Å²) in [4.78, 5) is 11.6. The lowest BCUT2D eigenvalue weighted by Crippen LogP contribution is -2.31. The van der Waals surface area contributed by atoms with Gasteiger partial charge in [0.2, 0.25) is 10.0 Å². The van der Waals surface area contributed by atoms with E-state index in [1.165, 1.54) is 28.6 Å². The van der Waals surface area contributed by atoms with Crippen molar-refractivity contribution in [3.05, 3.63) is 59.9 Å². The number of sulfonamides is 1. The lowest BCUT2D eigenvalue weighted by atomic mass is 10.2. The van der Waals surface area contributed by atoms with Gasteiger partial charge in [-0.2, -0.15) is 0 Å². The van der Waals surface area contributed by atoms with Gasteiger partial charge in [-0.25, -0.2) is 12.8 Å². The fraction of sp³-hybridized carbons (Fsp3) is 0.316. The number of carbonyl (C=O) groups is 1. The van der Waals surface area contributed by atoms with E-state index in [0.29, 0.717) is 30.2 Å². The topological polar surface area (TPSA) is 84.9 Å². The summed E-state index contributed by atoms with van der Waals surface area (Å²) in [6, 6.07) is 12.0. The number of rotatable bonds is 10. The van der Waals surface area contributed by atoms with Gasteiger partial charge in [-0.05, 0) is 42.0 Å². The molecule has 0 saturated heterocycles. The molecule has 2 rings (SSSR count). The highest BCUT2D eigenvalue weighted by Gasteiger charge is 2.18. The zero-order chi connectivity index (χ0) is 20.6. The van der Waals surface area contributed by atoms with Gasteiger partial charge < -0.3 is 14.8 Å². The Hall–Kier alpha value is -2.65. The fourth-order valence-corrected chi connectivity index (χ4v) is 3.24. The summed E-state index contributed by atoms with van der Waals surface area (Å²) in [6.45, 7) is 0.718. The van der Waals surface area contributed by atoms with Crippen LogP contribution in [0.2, 0.25) is 0 Å². The first-order valence-electron chi connectivity index (χ1n) is 8.50. The molecule has 0 bridgehead atoms. The second-order valence-corrected chi connectivity index (χ2v) is 7.93. The molecule has 0 saturated carbocycles. The number of hydrogen-bond acceptors (Lipinski definition) is 5. The Balaban J connectivity index is 2.03. The molecule has 0 radical (unpaired) electrons. The largest absolute Gasteiger partial charge is 0.484 e. The van der Waals surface area contributed by atoms with Crippen LogP contribution < -0.4 is 14.4 Å². The van der Waals surface area contributed by atoms with Gasteiger partial charge in [-0.3, -0.25) is 9.10 Å². The van der Waals surface area contributed by atoms with Crippen LogP contribution in [0.5, 0.6) is 5.75 Å². The molecule has 152 valence electrons. The first-order valence-corrected chi connectivity index (χ1v) is 10.3. The van der Waals surface area contributed by atoms with E-state index in [1.54, 1.807) is 31.4 Å². The summed E-state index contributed by atoms with van der Waals surface area (Å²) in [7, 11) is -2.01. The van der Waals surface area contributed by atoms with Crippen molar-refractivity contribution in [1.29, 1.82) is 0 Å². The smallest absolute Gasteiger partial charge is 0.258 e. The molecule has 0 unspecified atom stereocenters. The first-order chi connectivity index (χ1) is 13.3. The van der Waals surface area contributed by atoms with Crippen LogP contribution in [-0.4, -0.2) is 47.4 Å². The summed E-state index contributed by atoms with van der Waals surface area (Å²) in [5, 5.41) is 2.63. The first kappa shape index (κ1) is 21.6. The predicted molar refractivity (Wildman–Crippen MR) is 104 cm³/mol. The SMILES string of the molecule is COCCNC(=O)COc1ccc(N(Cc2ccc(F)cc2)S(C)(=O)=O)cc1. The van der Waals surface area contributed by atoms with E-state index in [1.807, 2.05) is 0 Å². The molecular weight excluding hydrogens is 387 g/mol. The molecule has 1 N–H and O–H groups in total. The Morgan fingerprint density at radius 3 is 2.32 bits per heavy atom. The second-order valence-electron chi connectivity index (χ2n) is 6.02. The third-order valence-electron chi connectivity index (χ3n) is 3.76. The number of anilines is 1. The van der Waals surface area contributed by atoms with Gasteiger partial charge in [0.1, 0.15) is 11.6 Å². The normalized spacial score (nSPS) is 11.1. The van der Waals surface area contributed by atoms with Crippen molar-refractivity contribution in [1.82, 2.24) is 5.32 Å². The summed E-state index contributed by atoms with van der Waals surface area (Å²) in [5.74, 6) is -0.238. The molecule has 0 heterocycles. The summed E-state index contributed by atoms with van der Waals surface area (Å²) < 4.78 is 48.9. The highest BCUT2D eigenvalue weighted by molar-refractivity contribution is 7.92.